The van der Waals surface area contributed by atoms with E-state index < -0.39 is 0 Å². The summed E-state index contributed by atoms with van der Waals surface area (Å²) in [4.78, 5) is 17.8. The fraction of sp³-hybridized carbons (Fsp3) is 0.833. The van der Waals surface area contributed by atoms with Crippen LogP contribution in [0.1, 0.15) is 33.1 Å². The van der Waals surface area contributed by atoms with E-state index in [1.807, 2.05) is 4.90 Å². The SMILES string of the molecule is CCNC(=NCCCN1CCCC1=O)NCC. The monoisotopic (exact) mass is 240 g/mol. The largest absolute Gasteiger partial charge is 0.357 e. The highest BCUT2D eigenvalue weighted by atomic mass is 16.2. The molecule has 0 atom stereocenters. The second-order valence-corrected chi connectivity index (χ2v) is 4.13. The molecule has 0 spiro atoms. The number of rotatable bonds is 6. The lowest BCUT2D eigenvalue weighted by Gasteiger charge is -2.14. The zero-order chi connectivity index (χ0) is 12.5. The number of nitrogens with zero attached hydrogens (tertiary/aromatic N) is 2. The van der Waals surface area contributed by atoms with Gasteiger partial charge in [0.2, 0.25) is 5.91 Å². The van der Waals surface area contributed by atoms with Gasteiger partial charge in [0.25, 0.3) is 0 Å². The first-order chi connectivity index (χ1) is 8.27. The van der Waals surface area contributed by atoms with E-state index in [1.165, 1.54) is 0 Å². The van der Waals surface area contributed by atoms with Crippen LogP contribution in [-0.2, 0) is 4.79 Å². The van der Waals surface area contributed by atoms with Gasteiger partial charge in [-0.1, -0.05) is 0 Å². The second kappa shape index (κ2) is 7.92. The van der Waals surface area contributed by atoms with Gasteiger partial charge in [-0.25, -0.2) is 0 Å². The van der Waals surface area contributed by atoms with Crippen molar-refractivity contribution < 1.29 is 4.79 Å². The molecule has 0 aromatic rings. The van der Waals surface area contributed by atoms with E-state index in [2.05, 4.69) is 29.5 Å². The van der Waals surface area contributed by atoms with Crippen LogP contribution in [0, 0.1) is 0 Å². The smallest absolute Gasteiger partial charge is 0.222 e. The highest BCUT2D eigenvalue weighted by Crippen LogP contribution is 2.09. The van der Waals surface area contributed by atoms with E-state index in [0.29, 0.717) is 5.91 Å². The van der Waals surface area contributed by atoms with Gasteiger partial charge in [0, 0.05) is 39.1 Å². The molecule has 1 saturated heterocycles. The Bertz CT molecular complexity index is 257. The summed E-state index contributed by atoms with van der Waals surface area (Å²) in [6.45, 7) is 8.38. The minimum Gasteiger partial charge on any atom is -0.357 e. The molecule has 0 aromatic carbocycles. The number of hydrogen-bond donors (Lipinski definition) is 2. The highest BCUT2D eigenvalue weighted by Gasteiger charge is 2.18. The maximum Gasteiger partial charge on any atom is 0.222 e. The Labute approximate surface area is 104 Å². The average molecular weight is 240 g/mol. The Morgan fingerprint density at radius 3 is 2.59 bits per heavy atom. The Morgan fingerprint density at radius 1 is 1.35 bits per heavy atom. The lowest BCUT2D eigenvalue weighted by atomic mass is 10.4. The van der Waals surface area contributed by atoms with Crippen molar-refractivity contribution in [3.05, 3.63) is 0 Å². The number of carbonyl (C=O) groups excluding carboxylic acids is 1. The molecule has 1 aliphatic rings. The van der Waals surface area contributed by atoms with Crippen molar-refractivity contribution in [3.8, 4) is 0 Å². The molecule has 0 bridgehead atoms. The van der Waals surface area contributed by atoms with Gasteiger partial charge in [-0.05, 0) is 26.7 Å². The highest BCUT2D eigenvalue weighted by molar-refractivity contribution is 5.79. The molecule has 0 saturated carbocycles. The molecule has 0 unspecified atom stereocenters. The third-order valence-electron chi connectivity index (χ3n) is 2.72. The quantitative estimate of drug-likeness (QED) is 0.405. The molecule has 0 radical (unpaired) electrons. The van der Waals surface area contributed by atoms with Crippen LogP contribution >= 0.6 is 0 Å². The van der Waals surface area contributed by atoms with Crippen molar-refractivity contribution in [1.29, 1.82) is 0 Å². The van der Waals surface area contributed by atoms with Gasteiger partial charge in [-0.2, -0.15) is 0 Å². The minimum absolute atomic E-state index is 0.299. The van der Waals surface area contributed by atoms with Gasteiger partial charge in [-0.15, -0.1) is 0 Å². The molecule has 5 heteroatoms. The molecule has 1 heterocycles. The van der Waals surface area contributed by atoms with Crippen molar-refractivity contribution in [3.63, 3.8) is 0 Å². The summed E-state index contributed by atoms with van der Waals surface area (Å²) in [5.41, 5.74) is 0. The standard InChI is InChI=1S/C12H24N4O/c1-3-13-12(14-4-2)15-8-6-10-16-9-5-7-11(16)17/h3-10H2,1-2H3,(H2,13,14,15). The van der Waals surface area contributed by atoms with Gasteiger partial charge in [0.05, 0.1) is 0 Å². The van der Waals surface area contributed by atoms with E-state index in [4.69, 9.17) is 0 Å². The number of hydrogen-bond acceptors (Lipinski definition) is 2. The summed E-state index contributed by atoms with van der Waals surface area (Å²) < 4.78 is 0. The predicted molar refractivity (Wildman–Crippen MR) is 70.1 cm³/mol. The van der Waals surface area contributed by atoms with Crippen LogP contribution in [0.5, 0.6) is 0 Å². The molecule has 1 rings (SSSR count). The number of aliphatic imine (C=N–C) groups is 1. The Kier molecular flexibility index (Phi) is 6.43. The van der Waals surface area contributed by atoms with Gasteiger partial charge in [-0.3, -0.25) is 9.79 Å². The molecule has 0 aromatic heterocycles. The fourth-order valence-corrected chi connectivity index (χ4v) is 1.90. The lowest BCUT2D eigenvalue weighted by molar-refractivity contribution is -0.127. The molecule has 2 N–H and O–H groups in total. The van der Waals surface area contributed by atoms with Gasteiger partial charge in [0.1, 0.15) is 0 Å². The van der Waals surface area contributed by atoms with E-state index in [1.54, 1.807) is 0 Å². The van der Waals surface area contributed by atoms with Crippen LogP contribution < -0.4 is 10.6 Å². The molecule has 17 heavy (non-hydrogen) atoms. The van der Waals surface area contributed by atoms with Gasteiger partial charge in [0.15, 0.2) is 5.96 Å². The van der Waals surface area contributed by atoms with Crippen molar-refractivity contribution in [2.45, 2.75) is 33.1 Å². The first-order valence-corrected chi connectivity index (χ1v) is 6.57. The van der Waals surface area contributed by atoms with Crippen LogP contribution in [0.2, 0.25) is 0 Å². The zero-order valence-corrected chi connectivity index (χ0v) is 11.0. The second-order valence-electron chi connectivity index (χ2n) is 4.13. The van der Waals surface area contributed by atoms with Crippen LogP contribution in [-0.4, -0.2) is 49.5 Å². The van der Waals surface area contributed by atoms with Crippen LogP contribution in [0.4, 0.5) is 0 Å². The van der Waals surface area contributed by atoms with Crippen molar-refractivity contribution in [1.82, 2.24) is 15.5 Å². The molecular weight excluding hydrogens is 216 g/mol. The van der Waals surface area contributed by atoms with E-state index in [-0.39, 0.29) is 0 Å². The summed E-state index contributed by atoms with van der Waals surface area (Å²) >= 11 is 0. The first kappa shape index (κ1) is 13.8. The van der Waals surface area contributed by atoms with Crippen molar-refractivity contribution in [2.24, 2.45) is 4.99 Å². The number of amides is 1. The lowest BCUT2D eigenvalue weighted by Crippen LogP contribution is -2.37. The maximum atomic E-state index is 11.4. The summed E-state index contributed by atoms with van der Waals surface area (Å²) in [6.07, 6.45) is 2.68. The third-order valence-corrected chi connectivity index (χ3v) is 2.72. The van der Waals surface area contributed by atoms with Crippen molar-refractivity contribution >= 4 is 11.9 Å². The Balaban J connectivity index is 2.19. The normalized spacial score (nSPS) is 14.9. The molecule has 98 valence electrons. The molecule has 1 amide bonds. The number of guanidine groups is 1. The third kappa shape index (κ3) is 5.06. The molecular formula is C12H24N4O. The Morgan fingerprint density at radius 2 is 2.06 bits per heavy atom. The fourth-order valence-electron chi connectivity index (χ4n) is 1.90. The summed E-state index contributed by atoms with van der Waals surface area (Å²) in [6, 6.07) is 0. The summed E-state index contributed by atoms with van der Waals surface area (Å²) in [7, 11) is 0. The average Bonchev–Trinajstić information content (AvgIpc) is 2.71. The first-order valence-electron chi connectivity index (χ1n) is 6.57. The van der Waals surface area contributed by atoms with E-state index in [0.717, 1.165) is 57.9 Å². The molecule has 1 aliphatic heterocycles. The predicted octanol–water partition coefficient (Wildman–Crippen LogP) is 0.574. The summed E-state index contributed by atoms with van der Waals surface area (Å²) in [5, 5.41) is 6.36. The van der Waals surface area contributed by atoms with Crippen LogP contribution in [0.15, 0.2) is 4.99 Å². The minimum atomic E-state index is 0.299. The van der Waals surface area contributed by atoms with Crippen molar-refractivity contribution in [2.75, 3.05) is 32.7 Å². The van der Waals surface area contributed by atoms with Crippen LogP contribution in [0.3, 0.4) is 0 Å². The molecule has 1 fully saturated rings. The molecule has 5 nitrogen and oxygen atoms in total. The summed E-state index contributed by atoms with van der Waals surface area (Å²) in [5.74, 6) is 1.16. The molecule has 0 aliphatic carbocycles. The van der Waals surface area contributed by atoms with Gasteiger partial charge >= 0.3 is 0 Å². The van der Waals surface area contributed by atoms with Gasteiger partial charge < -0.3 is 15.5 Å². The van der Waals surface area contributed by atoms with E-state index in [9.17, 15) is 4.79 Å². The topological polar surface area (TPSA) is 56.7 Å². The Hall–Kier alpha value is -1.26. The number of likely N-dealkylation sites (tertiary alicyclic amines) is 1. The zero-order valence-electron chi connectivity index (χ0n) is 11.0. The van der Waals surface area contributed by atoms with Crippen LogP contribution in [0.25, 0.3) is 0 Å². The van der Waals surface area contributed by atoms with E-state index >= 15 is 0 Å². The number of nitrogens with one attached hydrogen (secondary N) is 2. The number of carbonyl (C=O) groups is 1. The maximum absolute atomic E-state index is 11.4.